The van der Waals surface area contributed by atoms with Gasteiger partial charge >= 0.3 is 0 Å². The van der Waals surface area contributed by atoms with Gasteiger partial charge in [0, 0.05) is 13.6 Å². The molecule has 0 saturated heterocycles. The summed E-state index contributed by atoms with van der Waals surface area (Å²) in [5, 5.41) is 1.07. The molecule has 0 spiro atoms. The Morgan fingerprint density at radius 3 is 2.80 bits per heavy atom. The topological polar surface area (TPSA) is 47.9 Å². The van der Waals surface area contributed by atoms with Gasteiger partial charge in [0.2, 0.25) is 11.9 Å². The third-order valence-corrected chi connectivity index (χ3v) is 6.15. The van der Waals surface area contributed by atoms with Gasteiger partial charge in [0.15, 0.2) is 11.5 Å². The summed E-state index contributed by atoms with van der Waals surface area (Å²) in [6.45, 7) is 0.198. The lowest BCUT2D eigenvalue weighted by molar-refractivity contribution is -0.107. The SMILES string of the molecule is O=C1SC(c2cc(I)ccc2Cl)=N/C1=C/c1cc2c(cc1Br)OCO2. The minimum absolute atomic E-state index is 0.116. The van der Waals surface area contributed by atoms with Crippen LogP contribution in [0.25, 0.3) is 6.08 Å². The summed E-state index contributed by atoms with van der Waals surface area (Å²) in [5.41, 5.74) is 1.93. The highest BCUT2D eigenvalue weighted by Gasteiger charge is 2.25. The fraction of sp³-hybridized carbons (Fsp3) is 0.0588. The van der Waals surface area contributed by atoms with Crippen molar-refractivity contribution in [3.63, 3.8) is 0 Å². The fourth-order valence-electron chi connectivity index (χ4n) is 2.38. The Bertz CT molecular complexity index is 977. The third kappa shape index (κ3) is 3.47. The summed E-state index contributed by atoms with van der Waals surface area (Å²) >= 11 is 13.0. The number of fused-ring (bicyclic) bond motifs is 1. The first-order valence-corrected chi connectivity index (χ1v) is 10.1. The zero-order valence-electron chi connectivity index (χ0n) is 12.4. The van der Waals surface area contributed by atoms with Crippen LogP contribution in [0.1, 0.15) is 11.1 Å². The van der Waals surface area contributed by atoms with Gasteiger partial charge in [-0.25, -0.2) is 4.99 Å². The van der Waals surface area contributed by atoms with Gasteiger partial charge in [-0.2, -0.15) is 0 Å². The molecule has 0 aliphatic carbocycles. The van der Waals surface area contributed by atoms with Crippen molar-refractivity contribution in [3.8, 4) is 11.5 Å². The number of halogens is 3. The molecule has 2 heterocycles. The highest BCUT2D eigenvalue weighted by atomic mass is 127. The van der Waals surface area contributed by atoms with E-state index in [4.69, 9.17) is 21.1 Å². The molecule has 0 bridgehead atoms. The quantitative estimate of drug-likeness (QED) is 0.368. The molecular weight excluding hydrogens is 541 g/mol. The molecule has 2 aliphatic heterocycles. The summed E-state index contributed by atoms with van der Waals surface area (Å²) in [5.74, 6) is 1.33. The van der Waals surface area contributed by atoms with Crippen LogP contribution >= 0.6 is 61.9 Å². The van der Waals surface area contributed by atoms with Gasteiger partial charge in [0.1, 0.15) is 10.7 Å². The second-order valence-electron chi connectivity index (χ2n) is 5.19. The summed E-state index contributed by atoms with van der Waals surface area (Å²) < 4.78 is 12.6. The molecule has 25 heavy (non-hydrogen) atoms. The van der Waals surface area contributed by atoms with E-state index in [0.717, 1.165) is 30.9 Å². The second kappa shape index (κ2) is 6.94. The van der Waals surface area contributed by atoms with Crippen molar-refractivity contribution in [1.29, 1.82) is 0 Å². The van der Waals surface area contributed by atoms with E-state index in [1.165, 1.54) is 0 Å². The van der Waals surface area contributed by atoms with Crippen LogP contribution in [0.5, 0.6) is 11.5 Å². The first kappa shape index (κ1) is 17.4. The Balaban J connectivity index is 1.73. The van der Waals surface area contributed by atoms with E-state index >= 15 is 0 Å². The summed E-state index contributed by atoms with van der Waals surface area (Å²) in [4.78, 5) is 16.8. The van der Waals surface area contributed by atoms with Crippen LogP contribution in [0.2, 0.25) is 5.02 Å². The predicted octanol–water partition coefficient (Wildman–Crippen LogP) is 5.50. The molecule has 8 heteroatoms. The first-order chi connectivity index (χ1) is 12.0. The van der Waals surface area contributed by atoms with Gasteiger partial charge in [-0.05, 0) is 76.3 Å². The standard InChI is InChI=1S/C17H8BrClINO3S/c18-11-6-15-14(23-7-24-15)4-8(11)3-13-17(22)25-16(21-13)10-5-9(20)1-2-12(10)19/h1-6H,7H2/b13-3+. The van der Waals surface area contributed by atoms with E-state index in [9.17, 15) is 4.79 Å². The van der Waals surface area contributed by atoms with Crippen molar-refractivity contribution in [1.82, 2.24) is 0 Å². The van der Waals surface area contributed by atoms with Crippen LogP contribution in [-0.4, -0.2) is 17.0 Å². The molecular formula is C17H8BrClINO3S. The largest absolute Gasteiger partial charge is 0.454 e. The normalized spacial score (nSPS) is 17.3. The number of hydrogen-bond acceptors (Lipinski definition) is 5. The summed E-state index contributed by atoms with van der Waals surface area (Å²) in [7, 11) is 0. The number of aliphatic imine (C=N–C) groups is 1. The molecule has 2 aliphatic rings. The molecule has 0 N–H and O–H groups in total. The van der Waals surface area contributed by atoms with Crippen LogP contribution < -0.4 is 9.47 Å². The van der Waals surface area contributed by atoms with Crippen molar-refractivity contribution >= 4 is 78.1 Å². The van der Waals surface area contributed by atoms with E-state index in [0.29, 0.717) is 27.3 Å². The van der Waals surface area contributed by atoms with Gasteiger partial charge in [0.05, 0.1) is 5.02 Å². The summed E-state index contributed by atoms with van der Waals surface area (Å²) in [6.07, 6.45) is 1.73. The van der Waals surface area contributed by atoms with Crippen molar-refractivity contribution in [2.75, 3.05) is 6.79 Å². The minimum atomic E-state index is -0.116. The van der Waals surface area contributed by atoms with E-state index in [1.807, 2.05) is 30.3 Å². The smallest absolute Gasteiger partial charge is 0.244 e. The Morgan fingerprint density at radius 2 is 2.00 bits per heavy atom. The zero-order chi connectivity index (χ0) is 17.6. The molecule has 0 unspecified atom stereocenters. The van der Waals surface area contributed by atoms with Crippen molar-refractivity contribution < 1.29 is 14.3 Å². The van der Waals surface area contributed by atoms with Crippen LogP contribution in [0.4, 0.5) is 0 Å². The first-order valence-electron chi connectivity index (χ1n) is 7.08. The maximum absolute atomic E-state index is 12.4. The second-order valence-corrected chi connectivity index (χ2v) is 8.66. The van der Waals surface area contributed by atoms with Crippen LogP contribution in [0.3, 0.4) is 0 Å². The molecule has 0 aromatic heterocycles. The summed E-state index contributed by atoms with van der Waals surface area (Å²) in [6, 6.07) is 9.28. The number of nitrogens with zero attached hydrogens (tertiary/aromatic N) is 1. The number of ether oxygens (including phenoxy) is 2. The van der Waals surface area contributed by atoms with Gasteiger partial charge in [-0.3, -0.25) is 4.79 Å². The monoisotopic (exact) mass is 547 g/mol. The van der Waals surface area contributed by atoms with E-state index < -0.39 is 0 Å². The number of carbonyl (C=O) groups excluding carboxylic acids is 1. The Hall–Kier alpha value is -1.03. The number of carbonyl (C=O) groups is 1. The highest BCUT2D eigenvalue weighted by Crippen LogP contribution is 2.39. The predicted molar refractivity (Wildman–Crippen MR) is 112 cm³/mol. The number of rotatable bonds is 2. The maximum atomic E-state index is 12.4. The molecule has 0 amide bonds. The molecule has 4 rings (SSSR count). The van der Waals surface area contributed by atoms with Crippen LogP contribution in [0.15, 0.2) is 45.5 Å². The number of thioether (sulfide) groups is 1. The van der Waals surface area contributed by atoms with E-state index in [1.54, 1.807) is 6.08 Å². The molecule has 4 nitrogen and oxygen atoms in total. The van der Waals surface area contributed by atoms with Crippen molar-refractivity contribution in [3.05, 3.63) is 60.2 Å². The van der Waals surface area contributed by atoms with Crippen LogP contribution in [-0.2, 0) is 4.79 Å². The van der Waals surface area contributed by atoms with E-state index in [2.05, 4.69) is 43.5 Å². The third-order valence-electron chi connectivity index (χ3n) is 3.56. The average molecular weight is 549 g/mol. The molecule has 0 atom stereocenters. The molecule has 2 aromatic rings. The average Bonchev–Trinajstić information content (AvgIpc) is 3.17. The van der Waals surface area contributed by atoms with Gasteiger partial charge in [0.25, 0.3) is 0 Å². The fourth-order valence-corrected chi connectivity index (χ4v) is 4.38. The van der Waals surface area contributed by atoms with Gasteiger partial charge < -0.3 is 9.47 Å². The van der Waals surface area contributed by atoms with Crippen molar-refractivity contribution in [2.24, 2.45) is 4.99 Å². The molecule has 2 aromatic carbocycles. The van der Waals surface area contributed by atoms with E-state index in [-0.39, 0.29) is 11.9 Å². The Labute approximate surface area is 174 Å². The molecule has 0 fully saturated rings. The molecule has 0 saturated carbocycles. The van der Waals surface area contributed by atoms with Gasteiger partial charge in [-0.15, -0.1) is 0 Å². The minimum Gasteiger partial charge on any atom is -0.454 e. The van der Waals surface area contributed by atoms with Crippen molar-refractivity contribution in [2.45, 2.75) is 0 Å². The lowest BCUT2D eigenvalue weighted by Crippen LogP contribution is -1.95. The lowest BCUT2D eigenvalue weighted by Gasteiger charge is -2.02. The number of benzene rings is 2. The maximum Gasteiger partial charge on any atom is 0.244 e. The molecule has 126 valence electrons. The lowest BCUT2D eigenvalue weighted by atomic mass is 10.1. The highest BCUT2D eigenvalue weighted by molar-refractivity contribution is 14.1. The molecule has 0 radical (unpaired) electrons. The van der Waals surface area contributed by atoms with Crippen LogP contribution in [0, 0.1) is 3.57 Å². The number of hydrogen-bond donors (Lipinski definition) is 0. The van der Waals surface area contributed by atoms with Gasteiger partial charge in [-0.1, -0.05) is 27.5 Å². The Kier molecular flexibility index (Phi) is 4.83. The zero-order valence-corrected chi connectivity index (χ0v) is 17.7. The Morgan fingerprint density at radius 1 is 1.24 bits per heavy atom.